The molecular weight excluding hydrogens is 1120 g/mol. The summed E-state index contributed by atoms with van der Waals surface area (Å²) in [6.07, 6.45) is 26.9. The number of halogens is 2. The average molecular weight is 1200 g/mol. The van der Waals surface area contributed by atoms with E-state index in [0.29, 0.717) is 6.54 Å². The number of benzene rings is 3. The van der Waals surface area contributed by atoms with Gasteiger partial charge in [-0.15, -0.1) is 0 Å². The summed E-state index contributed by atoms with van der Waals surface area (Å²) < 4.78 is 29.7. The Morgan fingerprint density at radius 1 is 0.556 bits per heavy atom. The van der Waals surface area contributed by atoms with E-state index in [0.717, 1.165) is 173 Å². The van der Waals surface area contributed by atoms with Gasteiger partial charge in [0.1, 0.15) is 29.3 Å². The largest absolute Gasteiger partial charge is 0.353 e. The summed E-state index contributed by atoms with van der Waals surface area (Å²) in [6.45, 7) is 18.5. The third-order valence-electron chi connectivity index (χ3n) is 16.8. The molecule has 456 valence electrons. The minimum Gasteiger partial charge on any atom is -0.353 e. The Balaban J connectivity index is 0.000000173. The number of aromatic nitrogens is 12. The molecule has 9 aromatic heterocycles. The quantitative estimate of drug-likeness (QED) is 0.0519. The summed E-state index contributed by atoms with van der Waals surface area (Å²) in [7, 11) is 0. The summed E-state index contributed by atoms with van der Waals surface area (Å²) in [5.41, 5.74) is 16.6. The average Bonchev–Trinajstić information content (AvgIpc) is 1.72. The van der Waals surface area contributed by atoms with Gasteiger partial charge in [-0.3, -0.25) is 30.1 Å². The molecule has 11 heterocycles. The SMILES string of the molecule is C=C(/C=c1/c(-c2cc3c(-c4cc(F)cc(CCCN5CCCC5)c4)nccc3[nH]2)n[nH]/c1=C/C)c1cncnc1.CC.Fc1cc(CCCN2CCCC2)cc(-c2nccc3[nH]c(-c4n[nH]c5cnc(-c6cncc(CNCc7ccccc7)c6)cc45)cc23)c1. The topological polar surface area (TPSA) is 185 Å². The highest BCUT2D eigenvalue weighted by Crippen LogP contribution is 2.36. The molecule has 17 heteroatoms. The van der Waals surface area contributed by atoms with E-state index in [-0.39, 0.29) is 11.6 Å². The van der Waals surface area contributed by atoms with Gasteiger partial charge in [0.15, 0.2) is 0 Å². The second kappa shape index (κ2) is 28.6. The smallest absolute Gasteiger partial charge is 0.124 e. The predicted octanol–water partition coefficient (Wildman–Crippen LogP) is 13.6. The van der Waals surface area contributed by atoms with Crippen molar-refractivity contribution < 1.29 is 8.78 Å². The molecule has 14 rings (SSSR count). The van der Waals surface area contributed by atoms with Crippen LogP contribution < -0.4 is 15.9 Å². The highest BCUT2D eigenvalue weighted by Gasteiger charge is 2.20. The number of aromatic amines is 4. The van der Waals surface area contributed by atoms with Gasteiger partial charge in [0.05, 0.1) is 45.5 Å². The number of pyridine rings is 4. The molecule has 2 fully saturated rings. The van der Waals surface area contributed by atoms with E-state index >= 15 is 0 Å². The molecule has 3 aromatic carbocycles. The number of hydrogen-bond donors (Lipinski definition) is 5. The number of H-pyrrole nitrogens is 4. The van der Waals surface area contributed by atoms with Crippen LogP contribution in [0.5, 0.6) is 0 Å². The van der Waals surface area contributed by atoms with Crippen LogP contribution in [0.25, 0.3) is 107 Å². The van der Waals surface area contributed by atoms with Crippen LogP contribution in [-0.2, 0) is 25.9 Å². The second-order valence-corrected chi connectivity index (χ2v) is 23.0. The molecule has 0 unspecified atom stereocenters. The van der Waals surface area contributed by atoms with Crippen molar-refractivity contribution in [3.8, 4) is 56.5 Å². The molecule has 2 aliphatic rings. The van der Waals surface area contributed by atoms with Crippen molar-refractivity contribution in [2.45, 2.75) is 85.2 Å². The van der Waals surface area contributed by atoms with Gasteiger partial charge in [0.25, 0.3) is 0 Å². The van der Waals surface area contributed by atoms with Gasteiger partial charge in [-0.1, -0.05) is 56.8 Å². The first-order valence-corrected chi connectivity index (χ1v) is 31.5. The normalized spacial score (nSPS) is 14.0. The van der Waals surface area contributed by atoms with E-state index in [1.165, 1.54) is 63.8 Å². The van der Waals surface area contributed by atoms with Crippen molar-refractivity contribution >= 4 is 50.4 Å². The van der Waals surface area contributed by atoms with Gasteiger partial charge in [0.2, 0.25) is 0 Å². The third kappa shape index (κ3) is 14.2. The number of fused-ring (bicyclic) bond motifs is 3. The number of aryl methyl sites for hydroxylation is 2. The summed E-state index contributed by atoms with van der Waals surface area (Å²) in [6, 6.07) is 33.1. The van der Waals surface area contributed by atoms with E-state index in [2.05, 4.69) is 114 Å². The summed E-state index contributed by atoms with van der Waals surface area (Å²) >= 11 is 0. The standard InChI is InChI=1S/C39H37FN8.C32H32FN7.C2H6/c40-31-17-27(9-6-14-48-12-4-5-13-48)15-29(18-31)38-32-20-36(45-34(32)10-11-43-38)39-33-19-35(44-25-37(33)46-47-39)30-16-28(23-42-24-30)22-41-21-26-7-2-1-3-8-26;1-3-28-26(13-21(2)24-18-34-20-35-19-24)32(39-38-28)30-17-27-29(37-30)8-9-36-31(27)23-14-22(15-25(33)16-23)7-6-12-40-10-4-5-11-40;1-2/h1-3,7-8,10-11,15-20,23-25,41,45H,4-6,9,12-14,21-22H2,(H,46,47);3,8-9,13-20,37-38H,2,4-7,10-12H2,1H3;1-2H3/b;26-13+,28-3+;. The molecule has 0 spiro atoms. The maximum atomic E-state index is 14.9. The first-order valence-electron chi connectivity index (χ1n) is 31.5. The molecule has 0 atom stereocenters. The van der Waals surface area contributed by atoms with Crippen molar-refractivity contribution in [1.29, 1.82) is 0 Å². The fourth-order valence-electron chi connectivity index (χ4n) is 12.3. The molecule has 0 aliphatic carbocycles. The molecular formula is C73H75F2N15. The van der Waals surface area contributed by atoms with Crippen LogP contribution in [0.2, 0.25) is 0 Å². The first kappa shape index (κ1) is 60.6. The molecule has 12 aromatic rings. The van der Waals surface area contributed by atoms with Crippen LogP contribution in [-0.4, -0.2) is 109 Å². The molecule has 0 radical (unpaired) electrons. The zero-order chi connectivity index (χ0) is 61.8. The van der Waals surface area contributed by atoms with Crippen LogP contribution in [0.4, 0.5) is 8.78 Å². The lowest BCUT2D eigenvalue weighted by atomic mass is 10.0. The van der Waals surface area contributed by atoms with E-state index in [1.807, 2.05) is 87.9 Å². The van der Waals surface area contributed by atoms with E-state index < -0.39 is 0 Å². The minimum absolute atomic E-state index is 0.234. The lowest BCUT2D eigenvalue weighted by molar-refractivity contribution is 0.334. The van der Waals surface area contributed by atoms with Crippen molar-refractivity contribution in [3.05, 3.63) is 209 Å². The Morgan fingerprint density at radius 2 is 1.12 bits per heavy atom. The number of nitrogens with zero attached hydrogens (tertiary/aromatic N) is 10. The number of nitrogens with one attached hydrogen (secondary N) is 5. The van der Waals surface area contributed by atoms with Crippen molar-refractivity contribution in [2.24, 2.45) is 0 Å². The lowest BCUT2D eigenvalue weighted by Gasteiger charge is -2.14. The zero-order valence-corrected chi connectivity index (χ0v) is 51.3. The van der Waals surface area contributed by atoms with Gasteiger partial charge in [0, 0.05) is 105 Å². The van der Waals surface area contributed by atoms with E-state index in [1.54, 1.807) is 49.1 Å². The first-order chi connectivity index (χ1) is 44.2. The van der Waals surface area contributed by atoms with Crippen molar-refractivity contribution in [3.63, 3.8) is 0 Å². The molecule has 90 heavy (non-hydrogen) atoms. The molecule has 0 saturated carbocycles. The van der Waals surface area contributed by atoms with Crippen LogP contribution in [0.3, 0.4) is 0 Å². The van der Waals surface area contributed by atoms with Gasteiger partial charge in [-0.05, 0) is 204 Å². The van der Waals surface area contributed by atoms with Crippen LogP contribution in [0, 0.1) is 11.6 Å². The highest BCUT2D eigenvalue weighted by molar-refractivity contribution is 6.01. The van der Waals surface area contributed by atoms with Gasteiger partial charge < -0.3 is 25.1 Å². The summed E-state index contributed by atoms with van der Waals surface area (Å²) in [5, 5.41) is 23.6. The maximum Gasteiger partial charge on any atom is 0.124 e. The number of hydrogen-bond acceptors (Lipinski definition) is 11. The Bertz CT molecular complexity index is 4540. The van der Waals surface area contributed by atoms with E-state index in [4.69, 9.17) is 9.97 Å². The number of likely N-dealkylation sites (tertiary alicyclic amines) is 2. The molecule has 0 amide bonds. The predicted molar refractivity (Wildman–Crippen MR) is 358 cm³/mol. The third-order valence-corrected chi connectivity index (χ3v) is 16.8. The fourth-order valence-corrected chi connectivity index (χ4v) is 12.3. The molecule has 2 saturated heterocycles. The molecule has 15 nitrogen and oxygen atoms in total. The van der Waals surface area contributed by atoms with E-state index in [9.17, 15) is 8.78 Å². The Hall–Kier alpha value is -9.68. The Labute approximate surface area is 522 Å². The Morgan fingerprint density at radius 3 is 1.73 bits per heavy atom. The molecule has 2 aliphatic heterocycles. The summed E-state index contributed by atoms with van der Waals surface area (Å²) in [4.78, 5) is 38.9. The van der Waals surface area contributed by atoms with Crippen molar-refractivity contribution in [1.82, 2.24) is 75.4 Å². The zero-order valence-electron chi connectivity index (χ0n) is 51.3. The van der Waals surface area contributed by atoms with Crippen LogP contribution in [0.15, 0.2) is 159 Å². The number of rotatable bonds is 19. The van der Waals surface area contributed by atoms with Crippen LogP contribution >= 0.6 is 0 Å². The summed E-state index contributed by atoms with van der Waals surface area (Å²) in [5.74, 6) is -0.471. The van der Waals surface area contributed by atoms with Crippen LogP contribution in [0.1, 0.15) is 87.1 Å². The monoisotopic (exact) mass is 1200 g/mol. The minimum atomic E-state index is -0.237. The second-order valence-electron chi connectivity index (χ2n) is 23.0. The van der Waals surface area contributed by atoms with Gasteiger partial charge >= 0.3 is 0 Å². The highest BCUT2D eigenvalue weighted by atomic mass is 19.1. The maximum absolute atomic E-state index is 14.9. The van der Waals surface area contributed by atoms with Gasteiger partial charge in [-0.2, -0.15) is 10.2 Å². The fraction of sp³-hybridized carbons (Fsp3) is 0.260. The number of allylic oxidation sites excluding steroid dienone is 1. The molecule has 5 N–H and O–H groups in total. The Kier molecular flexibility index (Phi) is 19.3. The lowest BCUT2D eigenvalue weighted by Crippen LogP contribution is -2.23. The van der Waals surface area contributed by atoms with Crippen molar-refractivity contribution in [2.75, 3.05) is 39.3 Å². The van der Waals surface area contributed by atoms with Gasteiger partial charge in [-0.25, -0.2) is 18.7 Å². The molecule has 0 bridgehead atoms.